The maximum absolute atomic E-state index is 11.5. The third-order valence-electron chi connectivity index (χ3n) is 2.40. The molecule has 0 bridgehead atoms. The van der Waals surface area contributed by atoms with Gasteiger partial charge in [-0.05, 0) is 19.8 Å². The van der Waals surface area contributed by atoms with E-state index in [1.54, 1.807) is 11.5 Å². The second kappa shape index (κ2) is 4.32. The molecule has 0 amide bonds. The second-order valence-electron chi connectivity index (χ2n) is 3.70. The van der Waals surface area contributed by atoms with Crippen molar-refractivity contribution in [1.29, 1.82) is 0 Å². The van der Waals surface area contributed by atoms with Gasteiger partial charge in [-0.15, -0.1) is 5.10 Å². The fourth-order valence-electron chi connectivity index (χ4n) is 1.40. The van der Waals surface area contributed by atoms with Gasteiger partial charge in [-0.3, -0.25) is 9.36 Å². The Balaban J connectivity index is 2.15. The maximum atomic E-state index is 11.5. The van der Waals surface area contributed by atoms with Crippen molar-refractivity contribution >= 4 is 17.7 Å². The highest BCUT2D eigenvalue weighted by Gasteiger charge is 2.30. The number of methoxy groups -OCH3 is 1. The predicted molar refractivity (Wildman–Crippen MR) is 58.5 cm³/mol. The first-order chi connectivity index (χ1) is 7.63. The quantitative estimate of drug-likeness (QED) is 0.617. The van der Waals surface area contributed by atoms with Crippen molar-refractivity contribution in [2.45, 2.75) is 36.2 Å². The average molecular weight is 243 g/mol. The molecule has 0 radical (unpaired) electrons. The van der Waals surface area contributed by atoms with Gasteiger partial charge in [-0.1, -0.05) is 11.8 Å². The number of rotatable bonds is 4. The van der Waals surface area contributed by atoms with Crippen LogP contribution in [0, 0.1) is 0 Å². The first-order valence-corrected chi connectivity index (χ1v) is 5.93. The standard InChI is InChI=1S/C9H13N3O3S/c1-5(7(13)15-2)16-9-11-10-8(14)12(9)6-3-4-6/h5-6H,3-4H2,1-2H3,(H,10,14)/t5-/m1/s1. The molecule has 2 rings (SSSR count). The first kappa shape index (κ1) is 11.3. The van der Waals surface area contributed by atoms with Crippen LogP contribution in [0.15, 0.2) is 9.95 Å². The summed E-state index contributed by atoms with van der Waals surface area (Å²) in [6, 6.07) is 0.249. The summed E-state index contributed by atoms with van der Waals surface area (Å²) in [5.74, 6) is -0.317. The Bertz CT molecular complexity index is 449. The number of thioether (sulfide) groups is 1. The highest BCUT2D eigenvalue weighted by Crippen LogP contribution is 2.36. The van der Waals surface area contributed by atoms with Crippen molar-refractivity contribution in [3.63, 3.8) is 0 Å². The summed E-state index contributed by atoms with van der Waals surface area (Å²) in [5, 5.41) is 6.52. The zero-order valence-electron chi connectivity index (χ0n) is 9.10. The molecule has 1 aromatic rings. The van der Waals surface area contributed by atoms with Crippen LogP contribution < -0.4 is 5.69 Å². The molecule has 0 aliphatic heterocycles. The molecule has 6 nitrogen and oxygen atoms in total. The van der Waals surface area contributed by atoms with Gasteiger partial charge < -0.3 is 4.74 Å². The van der Waals surface area contributed by atoms with Gasteiger partial charge in [0.05, 0.1) is 7.11 Å². The molecule has 16 heavy (non-hydrogen) atoms. The van der Waals surface area contributed by atoms with E-state index in [1.165, 1.54) is 18.9 Å². The summed E-state index contributed by atoms with van der Waals surface area (Å²) in [6.07, 6.45) is 2.00. The number of ether oxygens (including phenoxy) is 1. The minimum absolute atomic E-state index is 0.206. The molecule has 1 aliphatic rings. The molecule has 1 saturated carbocycles. The topological polar surface area (TPSA) is 77.0 Å². The lowest BCUT2D eigenvalue weighted by molar-refractivity contribution is -0.139. The minimum Gasteiger partial charge on any atom is -0.468 e. The lowest BCUT2D eigenvalue weighted by Crippen LogP contribution is -2.19. The number of aromatic nitrogens is 3. The fourth-order valence-corrected chi connectivity index (χ4v) is 2.35. The SMILES string of the molecule is COC(=O)[C@@H](C)Sc1n[nH]c(=O)n1C1CC1. The molecule has 0 aromatic carbocycles. The minimum atomic E-state index is -0.363. The van der Waals surface area contributed by atoms with Crippen molar-refractivity contribution in [2.75, 3.05) is 7.11 Å². The molecule has 1 fully saturated rings. The second-order valence-corrected chi connectivity index (χ2v) is 5.00. The molecule has 7 heteroatoms. The largest absolute Gasteiger partial charge is 0.468 e. The van der Waals surface area contributed by atoms with E-state index in [4.69, 9.17) is 0 Å². The van der Waals surface area contributed by atoms with E-state index in [1.807, 2.05) is 0 Å². The van der Waals surface area contributed by atoms with E-state index in [9.17, 15) is 9.59 Å². The number of H-pyrrole nitrogens is 1. The molecule has 1 aromatic heterocycles. The van der Waals surface area contributed by atoms with Crippen LogP contribution in [0.4, 0.5) is 0 Å². The summed E-state index contributed by atoms with van der Waals surface area (Å²) in [5.41, 5.74) is -0.206. The third kappa shape index (κ3) is 2.13. The van der Waals surface area contributed by atoms with Gasteiger partial charge in [0.2, 0.25) is 0 Å². The van der Waals surface area contributed by atoms with Gasteiger partial charge >= 0.3 is 11.7 Å². The maximum Gasteiger partial charge on any atom is 0.344 e. The zero-order valence-corrected chi connectivity index (χ0v) is 9.91. The summed E-state index contributed by atoms with van der Waals surface area (Å²) < 4.78 is 6.24. The fraction of sp³-hybridized carbons (Fsp3) is 0.667. The number of hydrogen-bond acceptors (Lipinski definition) is 5. The Morgan fingerprint density at radius 3 is 2.94 bits per heavy atom. The molecule has 0 saturated heterocycles. The molecule has 1 aliphatic carbocycles. The number of nitrogens with zero attached hydrogens (tertiary/aromatic N) is 2. The summed E-state index contributed by atoms with van der Waals surface area (Å²) >= 11 is 1.24. The average Bonchev–Trinajstić information content (AvgIpc) is 3.04. The van der Waals surface area contributed by atoms with Crippen molar-refractivity contribution in [3.05, 3.63) is 10.5 Å². The third-order valence-corrected chi connectivity index (χ3v) is 3.44. The Kier molecular flexibility index (Phi) is 3.04. The Morgan fingerprint density at radius 2 is 2.38 bits per heavy atom. The van der Waals surface area contributed by atoms with Crippen LogP contribution in [0.3, 0.4) is 0 Å². The number of nitrogens with one attached hydrogen (secondary N) is 1. The van der Waals surface area contributed by atoms with E-state index >= 15 is 0 Å². The summed E-state index contributed by atoms with van der Waals surface area (Å²) in [7, 11) is 1.35. The van der Waals surface area contributed by atoms with Gasteiger partial charge in [0, 0.05) is 6.04 Å². The van der Waals surface area contributed by atoms with Crippen molar-refractivity contribution < 1.29 is 9.53 Å². The van der Waals surface area contributed by atoms with Crippen LogP contribution in [0.1, 0.15) is 25.8 Å². The van der Waals surface area contributed by atoms with Crippen molar-refractivity contribution in [1.82, 2.24) is 14.8 Å². The molecule has 1 heterocycles. The van der Waals surface area contributed by atoms with Crippen LogP contribution in [-0.2, 0) is 9.53 Å². The molecular formula is C9H13N3O3S. The highest BCUT2D eigenvalue weighted by molar-refractivity contribution is 8.00. The Morgan fingerprint density at radius 1 is 1.69 bits per heavy atom. The molecule has 0 spiro atoms. The number of carbonyl (C=O) groups excluding carboxylic acids is 1. The van der Waals surface area contributed by atoms with Crippen LogP contribution in [0.2, 0.25) is 0 Å². The van der Waals surface area contributed by atoms with E-state index in [0.29, 0.717) is 5.16 Å². The van der Waals surface area contributed by atoms with Crippen LogP contribution in [0.25, 0.3) is 0 Å². The van der Waals surface area contributed by atoms with E-state index in [0.717, 1.165) is 12.8 Å². The monoisotopic (exact) mass is 243 g/mol. The Labute approximate surface area is 96.4 Å². The first-order valence-electron chi connectivity index (χ1n) is 5.05. The number of aromatic amines is 1. The zero-order chi connectivity index (χ0) is 11.7. The number of esters is 1. The predicted octanol–water partition coefficient (Wildman–Crippen LogP) is 0.560. The van der Waals surface area contributed by atoms with Gasteiger partial charge in [-0.25, -0.2) is 9.89 Å². The van der Waals surface area contributed by atoms with E-state index < -0.39 is 0 Å². The van der Waals surface area contributed by atoms with Crippen molar-refractivity contribution in [3.8, 4) is 0 Å². The van der Waals surface area contributed by atoms with Crippen LogP contribution >= 0.6 is 11.8 Å². The molecule has 0 unspecified atom stereocenters. The smallest absolute Gasteiger partial charge is 0.344 e. The molecule has 1 N–H and O–H groups in total. The highest BCUT2D eigenvalue weighted by atomic mass is 32.2. The Hall–Kier alpha value is -1.24. The van der Waals surface area contributed by atoms with E-state index in [2.05, 4.69) is 14.9 Å². The summed E-state index contributed by atoms with van der Waals surface area (Å²) in [4.78, 5) is 22.7. The van der Waals surface area contributed by atoms with Crippen molar-refractivity contribution in [2.24, 2.45) is 0 Å². The molecule has 88 valence electrons. The van der Waals surface area contributed by atoms with Gasteiger partial charge in [-0.2, -0.15) is 0 Å². The van der Waals surface area contributed by atoms with Gasteiger partial charge in [0.25, 0.3) is 0 Å². The van der Waals surface area contributed by atoms with Gasteiger partial charge in [0.1, 0.15) is 5.25 Å². The normalized spacial score (nSPS) is 17.1. The van der Waals surface area contributed by atoms with E-state index in [-0.39, 0.29) is 23.0 Å². The molecule has 1 atom stereocenters. The van der Waals surface area contributed by atoms with Crippen LogP contribution in [-0.4, -0.2) is 33.1 Å². The lowest BCUT2D eigenvalue weighted by atomic mass is 10.5. The lowest BCUT2D eigenvalue weighted by Gasteiger charge is -2.08. The van der Waals surface area contributed by atoms with Crippen LogP contribution in [0.5, 0.6) is 0 Å². The number of carbonyl (C=O) groups is 1. The number of hydrogen-bond donors (Lipinski definition) is 1. The summed E-state index contributed by atoms with van der Waals surface area (Å²) in [6.45, 7) is 1.73. The van der Waals surface area contributed by atoms with Gasteiger partial charge in [0.15, 0.2) is 5.16 Å². The molecular weight excluding hydrogens is 230 g/mol.